The highest BCUT2D eigenvalue weighted by Gasteiger charge is 2.34. The molecule has 12 heteroatoms. The number of hydrogen-bond acceptors (Lipinski definition) is 8. The number of alkyl carbamates (subject to hydrolysis) is 2. The third kappa shape index (κ3) is 10.3. The number of amides is 4. The van der Waals surface area contributed by atoms with Crippen molar-refractivity contribution in [1.29, 1.82) is 0 Å². The van der Waals surface area contributed by atoms with Crippen molar-refractivity contribution >= 4 is 35.7 Å². The van der Waals surface area contributed by atoms with Crippen molar-refractivity contribution in [2.75, 3.05) is 38.7 Å². The van der Waals surface area contributed by atoms with Gasteiger partial charge in [0.1, 0.15) is 24.8 Å². The number of carbonyl (C=O) groups is 5. The molecule has 0 radical (unpaired) electrons. The number of rotatable bonds is 12. The molecule has 1 heterocycles. The van der Waals surface area contributed by atoms with Crippen molar-refractivity contribution in [3.05, 3.63) is 65.2 Å². The monoisotopic (exact) mass is 610 g/mol. The number of esters is 1. The van der Waals surface area contributed by atoms with Crippen LogP contribution in [-0.2, 0) is 36.8 Å². The van der Waals surface area contributed by atoms with E-state index in [1.165, 1.54) is 16.9 Å². The van der Waals surface area contributed by atoms with Crippen molar-refractivity contribution in [3.63, 3.8) is 0 Å². The van der Waals surface area contributed by atoms with Crippen LogP contribution in [0.15, 0.2) is 48.5 Å². The van der Waals surface area contributed by atoms with Gasteiger partial charge < -0.3 is 34.6 Å². The van der Waals surface area contributed by atoms with Gasteiger partial charge in [-0.25, -0.2) is 14.4 Å². The van der Waals surface area contributed by atoms with E-state index in [1.54, 1.807) is 31.3 Å². The van der Waals surface area contributed by atoms with Crippen LogP contribution in [0.2, 0.25) is 0 Å². The van der Waals surface area contributed by atoms with Gasteiger partial charge in [-0.15, -0.1) is 0 Å². The molecule has 0 aliphatic carbocycles. The van der Waals surface area contributed by atoms with E-state index in [-0.39, 0.29) is 25.6 Å². The molecular weight excluding hydrogens is 568 g/mol. The van der Waals surface area contributed by atoms with E-state index in [4.69, 9.17) is 14.2 Å². The number of benzene rings is 2. The highest BCUT2D eigenvalue weighted by molar-refractivity contribution is 6.09. The lowest BCUT2D eigenvalue weighted by molar-refractivity contribution is -0.143. The molecule has 0 fully saturated rings. The number of unbranched alkanes of at least 4 members (excludes halogenated alkanes) is 2. The number of nitrogens with one attached hydrogen (secondary N) is 2. The van der Waals surface area contributed by atoms with Crippen LogP contribution < -0.4 is 15.5 Å². The third-order valence-electron chi connectivity index (χ3n) is 6.84. The minimum absolute atomic E-state index is 0.0110. The fraction of sp³-hybridized carbons (Fsp3) is 0.469. The number of hydrogen-bond donors (Lipinski definition) is 2. The molecule has 0 aromatic heterocycles. The third-order valence-corrected chi connectivity index (χ3v) is 6.84. The molecule has 0 saturated heterocycles. The first-order valence-corrected chi connectivity index (χ1v) is 14.6. The summed E-state index contributed by atoms with van der Waals surface area (Å²) in [6, 6.07) is 13.2. The van der Waals surface area contributed by atoms with Gasteiger partial charge in [-0.2, -0.15) is 0 Å². The van der Waals surface area contributed by atoms with Crippen LogP contribution in [-0.4, -0.2) is 80.3 Å². The van der Waals surface area contributed by atoms with Gasteiger partial charge in [0, 0.05) is 13.6 Å². The maximum absolute atomic E-state index is 13.7. The van der Waals surface area contributed by atoms with E-state index in [9.17, 15) is 24.0 Å². The summed E-state index contributed by atoms with van der Waals surface area (Å²) in [5.74, 6) is -1.58. The van der Waals surface area contributed by atoms with Crippen LogP contribution in [0.1, 0.15) is 61.5 Å². The fourth-order valence-corrected chi connectivity index (χ4v) is 4.58. The zero-order valence-corrected chi connectivity index (χ0v) is 26.0. The second kappa shape index (κ2) is 15.7. The molecule has 0 bridgehead atoms. The Morgan fingerprint density at radius 1 is 0.955 bits per heavy atom. The quantitative estimate of drug-likeness (QED) is 0.210. The Kier molecular flexibility index (Phi) is 12.1. The molecule has 44 heavy (non-hydrogen) atoms. The van der Waals surface area contributed by atoms with Gasteiger partial charge in [-0.05, 0) is 63.3 Å². The zero-order valence-electron chi connectivity index (χ0n) is 26.0. The summed E-state index contributed by atoms with van der Waals surface area (Å²) >= 11 is 0. The number of ether oxygens (including phenoxy) is 3. The molecule has 1 aliphatic heterocycles. The van der Waals surface area contributed by atoms with E-state index < -0.39 is 35.7 Å². The average Bonchev–Trinajstić information content (AvgIpc) is 3.06. The molecule has 1 atom stereocenters. The van der Waals surface area contributed by atoms with Crippen LogP contribution >= 0.6 is 0 Å². The molecule has 4 amide bonds. The van der Waals surface area contributed by atoms with Crippen LogP contribution in [0.5, 0.6) is 0 Å². The van der Waals surface area contributed by atoms with Gasteiger partial charge in [0.2, 0.25) is 5.91 Å². The van der Waals surface area contributed by atoms with Gasteiger partial charge in [0.15, 0.2) is 0 Å². The number of fused-ring (bicyclic) bond motifs is 1. The predicted octanol–water partition coefficient (Wildman–Crippen LogP) is 3.81. The Morgan fingerprint density at radius 2 is 1.68 bits per heavy atom. The van der Waals surface area contributed by atoms with Crippen LogP contribution in [0.4, 0.5) is 15.3 Å². The number of anilines is 1. The van der Waals surface area contributed by atoms with Crippen molar-refractivity contribution in [2.24, 2.45) is 0 Å². The summed E-state index contributed by atoms with van der Waals surface area (Å²) in [6.45, 7) is 5.32. The Labute approximate surface area is 258 Å². The minimum Gasteiger partial charge on any atom is -0.467 e. The summed E-state index contributed by atoms with van der Waals surface area (Å²) in [5.41, 5.74) is 1.90. The van der Waals surface area contributed by atoms with E-state index in [0.717, 1.165) is 30.4 Å². The second-order valence-electron chi connectivity index (χ2n) is 11.5. The summed E-state index contributed by atoms with van der Waals surface area (Å²) in [6.07, 6.45) is 1.81. The van der Waals surface area contributed by atoms with Crippen molar-refractivity contribution in [3.8, 4) is 0 Å². The van der Waals surface area contributed by atoms with Crippen LogP contribution in [0.3, 0.4) is 0 Å². The molecule has 3 rings (SSSR count). The number of aryl methyl sites for hydroxylation is 1. The van der Waals surface area contributed by atoms with E-state index in [1.807, 2.05) is 45.0 Å². The topological polar surface area (TPSA) is 144 Å². The largest absolute Gasteiger partial charge is 0.467 e. The summed E-state index contributed by atoms with van der Waals surface area (Å²) in [7, 11) is 2.76. The molecular formula is C32H42N4O8. The van der Waals surface area contributed by atoms with Crippen LogP contribution in [0.25, 0.3) is 0 Å². The molecule has 2 aromatic carbocycles. The maximum Gasteiger partial charge on any atom is 0.408 e. The lowest BCUT2D eigenvalue weighted by Gasteiger charge is -2.25. The lowest BCUT2D eigenvalue weighted by Crippen LogP contribution is -2.51. The molecule has 2 N–H and O–H groups in total. The normalized spacial score (nSPS) is 13.8. The van der Waals surface area contributed by atoms with Gasteiger partial charge >= 0.3 is 18.2 Å². The van der Waals surface area contributed by atoms with Crippen LogP contribution in [0, 0.1) is 0 Å². The minimum atomic E-state index is -1.26. The Morgan fingerprint density at radius 3 is 2.36 bits per heavy atom. The number of methoxy groups -OCH3 is 1. The summed E-state index contributed by atoms with van der Waals surface area (Å²) in [5, 5.41) is 5.21. The smallest absolute Gasteiger partial charge is 0.408 e. The van der Waals surface area contributed by atoms with Crippen molar-refractivity contribution in [1.82, 2.24) is 15.5 Å². The standard InChI is InChI=1S/C32H42N4O8/c1-32(2,3)44-30(40)33-17-11-7-10-12-22-15-16-26-24(18-22)28(38)36(20-27(37)35(26)4)19-25(29(39)42-5)34-31(41)43-21-23-13-8-6-9-14-23/h6,8-9,13-16,18,25H,7,10-12,17,19-21H2,1-5H3,(H,33,40)(H,34,41). The van der Waals surface area contributed by atoms with E-state index >= 15 is 0 Å². The number of carbonyl (C=O) groups excluding carboxylic acids is 5. The molecule has 2 aromatic rings. The highest BCUT2D eigenvalue weighted by Crippen LogP contribution is 2.27. The Balaban J connectivity index is 1.62. The van der Waals surface area contributed by atoms with Crippen molar-refractivity contribution in [2.45, 2.75) is 64.7 Å². The summed E-state index contributed by atoms with van der Waals surface area (Å²) < 4.78 is 15.3. The second-order valence-corrected chi connectivity index (χ2v) is 11.5. The highest BCUT2D eigenvalue weighted by atomic mass is 16.6. The maximum atomic E-state index is 13.7. The van der Waals surface area contributed by atoms with E-state index in [0.29, 0.717) is 24.2 Å². The zero-order chi connectivity index (χ0) is 32.3. The molecule has 12 nitrogen and oxygen atoms in total. The van der Waals surface area contributed by atoms with Crippen molar-refractivity contribution < 1.29 is 38.2 Å². The fourth-order valence-electron chi connectivity index (χ4n) is 4.58. The van der Waals surface area contributed by atoms with Gasteiger partial charge in [0.25, 0.3) is 5.91 Å². The first-order valence-electron chi connectivity index (χ1n) is 14.6. The first-order chi connectivity index (χ1) is 20.9. The van der Waals surface area contributed by atoms with E-state index in [2.05, 4.69) is 10.6 Å². The molecule has 238 valence electrons. The molecule has 0 spiro atoms. The summed E-state index contributed by atoms with van der Waals surface area (Å²) in [4.78, 5) is 66.2. The first kappa shape index (κ1) is 33.9. The number of likely N-dealkylation sites (N-methyl/N-ethyl adjacent to an activating group) is 1. The Hall–Kier alpha value is -4.61. The average molecular weight is 611 g/mol. The van der Waals surface area contributed by atoms with Gasteiger partial charge in [0.05, 0.1) is 24.9 Å². The SMILES string of the molecule is COC(=O)C(CN1CC(=O)N(C)c2ccc(CCCCCNC(=O)OC(C)(C)C)cc2C1=O)NC(=O)OCc1ccccc1. The number of nitrogens with zero attached hydrogens (tertiary/aromatic N) is 2. The Bertz CT molecular complexity index is 1330. The molecule has 1 aliphatic rings. The molecule has 1 unspecified atom stereocenters. The molecule has 0 saturated carbocycles. The predicted molar refractivity (Wildman–Crippen MR) is 163 cm³/mol. The van der Waals surface area contributed by atoms with Gasteiger partial charge in [-0.3, -0.25) is 9.59 Å². The lowest BCUT2D eigenvalue weighted by atomic mass is 10.0. The van der Waals surface area contributed by atoms with Gasteiger partial charge in [-0.1, -0.05) is 42.8 Å².